The molecule has 0 unspecified atom stereocenters. The second-order valence-electron chi connectivity index (χ2n) is 3.51. The van der Waals surface area contributed by atoms with Crippen LogP contribution in [0.1, 0.15) is 17.3 Å². The summed E-state index contributed by atoms with van der Waals surface area (Å²) in [5.74, 6) is -0.271. The van der Waals surface area contributed by atoms with Gasteiger partial charge in [0, 0.05) is 0 Å². The van der Waals surface area contributed by atoms with E-state index in [9.17, 15) is 4.79 Å². The molecule has 0 amide bonds. The maximum atomic E-state index is 11.7. The minimum Gasteiger partial charge on any atom is -0.448 e. The van der Waals surface area contributed by atoms with Gasteiger partial charge in [-0.15, -0.1) is 0 Å². The maximum Gasteiger partial charge on any atom is 0.339 e. The number of fused-ring (bicyclic) bond motifs is 1. The van der Waals surface area contributed by atoms with E-state index >= 15 is 0 Å². The topological polar surface area (TPSA) is 26.3 Å². The van der Waals surface area contributed by atoms with Gasteiger partial charge in [0.15, 0.2) is 0 Å². The SMILES string of the molecule is C[C@@H](I)OC(=O)c1ccc2ccccc2c1. The fourth-order valence-corrected chi connectivity index (χ4v) is 1.76. The number of hydrogen-bond donors (Lipinski definition) is 0. The molecule has 16 heavy (non-hydrogen) atoms. The van der Waals surface area contributed by atoms with Crippen LogP contribution in [0.4, 0.5) is 0 Å². The maximum absolute atomic E-state index is 11.7. The number of halogens is 1. The zero-order chi connectivity index (χ0) is 11.5. The van der Waals surface area contributed by atoms with Crippen LogP contribution in [0.25, 0.3) is 10.8 Å². The zero-order valence-electron chi connectivity index (χ0n) is 8.81. The number of rotatable bonds is 2. The number of benzene rings is 2. The first-order valence-electron chi connectivity index (χ1n) is 5.00. The highest BCUT2D eigenvalue weighted by Crippen LogP contribution is 2.17. The lowest BCUT2D eigenvalue weighted by atomic mass is 10.1. The third-order valence-electron chi connectivity index (χ3n) is 2.25. The molecule has 0 bridgehead atoms. The molecule has 2 aromatic carbocycles. The zero-order valence-corrected chi connectivity index (χ0v) is 11.0. The van der Waals surface area contributed by atoms with Crippen molar-refractivity contribution in [1.82, 2.24) is 0 Å². The Bertz CT molecular complexity index is 520. The molecule has 2 aromatic rings. The van der Waals surface area contributed by atoms with E-state index in [1.165, 1.54) is 0 Å². The lowest BCUT2D eigenvalue weighted by molar-refractivity contribution is 0.0502. The molecule has 82 valence electrons. The first-order valence-corrected chi connectivity index (χ1v) is 6.25. The number of esters is 1. The van der Waals surface area contributed by atoms with Crippen molar-refractivity contribution in [2.24, 2.45) is 0 Å². The smallest absolute Gasteiger partial charge is 0.339 e. The van der Waals surface area contributed by atoms with Gasteiger partial charge in [0.05, 0.1) is 5.56 Å². The molecule has 0 saturated carbocycles. The van der Waals surface area contributed by atoms with Crippen molar-refractivity contribution in [3.05, 3.63) is 48.0 Å². The van der Waals surface area contributed by atoms with Crippen molar-refractivity contribution in [2.75, 3.05) is 0 Å². The van der Waals surface area contributed by atoms with Crippen LogP contribution in [0.3, 0.4) is 0 Å². The van der Waals surface area contributed by atoms with E-state index in [4.69, 9.17) is 4.74 Å². The van der Waals surface area contributed by atoms with Crippen molar-refractivity contribution in [3.63, 3.8) is 0 Å². The Morgan fingerprint density at radius 2 is 1.88 bits per heavy atom. The van der Waals surface area contributed by atoms with Gasteiger partial charge in [0.25, 0.3) is 0 Å². The molecule has 0 radical (unpaired) electrons. The molecule has 0 aliphatic heterocycles. The molecule has 1 atom stereocenters. The Morgan fingerprint density at radius 1 is 1.19 bits per heavy atom. The largest absolute Gasteiger partial charge is 0.448 e. The molecule has 0 fully saturated rings. The van der Waals surface area contributed by atoms with Gasteiger partial charge < -0.3 is 4.74 Å². The first kappa shape index (κ1) is 11.4. The van der Waals surface area contributed by atoms with Crippen LogP contribution in [0, 0.1) is 0 Å². The first-order chi connectivity index (χ1) is 7.66. The van der Waals surface area contributed by atoms with Crippen LogP contribution in [-0.2, 0) is 4.74 Å². The van der Waals surface area contributed by atoms with Gasteiger partial charge >= 0.3 is 5.97 Å². The molecule has 2 rings (SSSR count). The fourth-order valence-electron chi connectivity index (χ4n) is 1.53. The number of alkyl halides is 1. The van der Waals surface area contributed by atoms with Crippen LogP contribution in [0.2, 0.25) is 0 Å². The third-order valence-corrected chi connectivity index (χ3v) is 2.51. The predicted octanol–water partition coefficient (Wildman–Crippen LogP) is 3.78. The Labute approximate surface area is 108 Å². The van der Waals surface area contributed by atoms with E-state index in [1.54, 1.807) is 6.07 Å². The van der Waals surface area contributed by atoms with Crippen molar-refractivity contribution in [3.8, 4) is 0 Å². The standard InChI is InChI=1S/C13H11IO2/c1-9(14)16-13(15)12-7-6-10-4-2-3-5-11(10)8-12/h2-9H,1H3/t9-/m0/s1. The van der Waals surface area contributed by atoms with E-state index in [0.717, 1.165) is 10.8 Å². The summed E-state index contributed by atoms with van der Waals surface area (Å²) < 4.78 is 5.02. The summed E-state index contributed by atoms with van der Waals surface area (Å²) in [7, 11) is 0. The molecule has 0 aromatic heterocycles. The molecule has 0 heterocycles. The highest BCUT2D eigenvalue weighted by molar-refractivity contribution is 14.1. The van der Waals surface area contributed by atoms with E-state index < -0.39 is 0 Å². The van der Waals surface area contributed by atoms with Crippen molar-refractivity contribution < 1.29 is 9.53 Å². The van der Waals surface area contributed by atoms with Crippen molar-refractivity contribution in [2.45, 2.75) is 11.0 Å². The molecular weight excluding hydrogens is 315 g/mol. The van der Waals surface area contributed by atoms with Gasteiger partial charge in [-0.3, -0.25) is 0 Å². The quantitative estimate of drug-likeness (QED) is 0.477. The Hall–Kier alpha value is -1.10. The lowest BCUT2D eigenvalue weighted by Crippen LogP contribution is -2.09. The van der Waals surface area contributed by atoms with Gasteiger partial charge in [-0.1, -0.05) is 30.3 Å². The monoisotopic (exact) mass is 326 g/mol. The summed E-state index contributed by atoms with van der Waals surface area (Å²) in [5.41, 5.74) is 0.599. The van der Waals surface area contributed by atoms with Crippen LogP contribution >= 0.6 is 22.6 Å². The Morgan fingerprint density at radius 3 is 2.56 bits per heavy atom. The molecular formula is C13H11IO2. The van der Waals surface area contributed by atoms with Gasteiger partial charge in [0.1, 0.15) is 4.11 Å². The molecule has 0 N–H and O–H groups in total. The molecule has 0 spiro atoms. The van der Waals surface area contributed by atoms with Crippen molar-refractivity contribution in [1.29, 1.82) is 0 Å². The summed E-state index contributed by atoms with van der Waals surface area (Å²) >= 11 is 2.06. The number of carbonyl (C=O) groups is 1. The fraction of sp³-hybridized carbons (Fsp3) is 0.154. The Balaban J connectivity index is 2.35. The molecule has 2 nitrogen and oxygen atoms in total. The highest BCUT2D eigenvalue weighted by Gasteiger charge is 2.09. The number of ether oxygens (including phenoxy) is 1. The molecule has 0 aliphatic carbocycles. The Kier molecular flexibility index (Phi) is 3.43. The number of carbonyl (C=O) groups excluding carboxylic acids is 1. The molecule has 0 saturated heterocycles. The van der Waals surface area contributed by atoms with Crippen LogP contribution in [0.15, 0.2) is 42.5 Å². The van der Waals surface area contributed by atoms with Gasteiger partial charge in [-0.25, -0.2) is 4.79 Å². The summed E-state index contributed by atoms with van der Waals surface area (Å²) in [6.45, 7) is 1.83. The van der Waals surface area contributed by atoms with Gasteiger partial charge in [0.2, 0.25) is 0 Å². The minimum atomic E-state index is -0.271. The van der Waals surface area contributed by atoms with Gasteiger partial charge in [-0.2, -0.15) is 0 Å². The van der Waals surface area contributed by atoms with E-state index in [0.29, 0.717) is 5.56 Å². The second kappa shape index (κ2) is 4.82. The third kappa shape index (κ3) is 2.52. The van der Waals surface area contributed by atoms with E-state index in [-0.39, 0.29) is 10.1 Å². The predicted molar refractivity (Wildman–Crippen MR) is 72.8 cm³/mol. The van der Waals surface area contributed by atoms with Crippen LogP contribution < -0.4 is 0 Å². The van der Waals surface area contributed by atoms with E-state index in [1.807, 2.05) is 43.3 Å². The summed E-state index contributed by atoms with van der Waals surface area (Å²) in [6, 6.07) is 13.5. The number of hydrogen-bond acceptors (Lipinski definition) is 2. The molecule has 0 aliphatic rings. The average Bonchev–Trinajstić information content (AvgIpc) is 2.27. The van der Waals surface area contributed by atoms with Crippen LogP contribution in [0.5, 0.6) is 0 Å². The van der Waals surface area contributed by atoms with Crippen molar-refractivity contribution >= 4 is 39.3 Å². The minimum absolute atomic E-state index is 0.114. The average molecular weight is 326 g/mol. The second-order valence-corrected chi connectivity index (χ2v) is 5.26. The van der Waals surface area contributed by atoms with E-state index in [2.05, 4.69) is 22.6 Å². The van der Waals surface area contributed by atoms with Gasteiger partial charge in [-0.05, 0) is 52.4 Å². The molecule has 3 heteroatoms. The lowest BCUT2D eigenvalue weighted by Gasteiger charge is -2.07. The summed E-state index contributed by atoms with van der Waals surface area (Å²) in [4.78, 5) is 11.7. The summed E-state index contributed by atoms with van der Waals surface area (Å²) in [6.07, 6.45) is 0. The highest BCUT2D eigenvalue weighted by atomic mass is 127. The summed E-state index contributed by atoms with van der Waals surface area (Å²) in [5, 5.41) is 2.18. The van der Waals surface area contributed by atoms with Crippen LogP contribution in [-0.4, -0.2) is 10.1 Å². The normalized spacial score (nSPS) is 12.4.